The van der Waals surface area contributed by atoms with Crippen molar-refractivity contribution in [2.75, 3.05) is 41.9 Å². The molecule has 0 amide bonds. The summed E-state index contributed by atoms with van der Waals surface area (Å²) in [7, 11) is 4.04. The van der Waals surface area contributed by atoms with Gasteiger partial charge in [0.1, 0.15) is 23.8 Å². The van der Waals surface area contributed by atoms with E-state index in [4.69, 9.17) is 5.10 Å². The summed E-state index contributed by atoms with van der Waals surface area (Å²) in [5.41, 5.74) is 0.793. The third-order valence-corrected chi connectivity index (χ3v) is 5.89. The Balaban J connectivity index is 1.33. The van der Waals surface area contributed by atoms with E-state index in [1.54, 1.807) is 6.33 Å². The summed E-state index contributed by atoms with van der Waals surface area (Å²) in [4.78, 5) is 16.0. The molecule has 0 N–H and O–H groups in total. The standard InChI is InChI=1S/C20H27N9/c1-14-23-24-17-6-7-18(25-29(14)17)27-10-8-16(9-11-27)28(15-4-5-15)20-12-19(26(2)3)21-13-22-20/h6-7,12-13,15-16H,4-5,8-11H2,1-3H3. The molecule has 0 radical (unpaired) electrons. The van der Waals surface area contributed by atoms with Gasteiger partial charge in [-0.15, -0.1) is 15.3 Å². The molecule has 1 aliphatic carbocycles. The molecule has 3 aromatic heterocycles. The fourth-order valence-electron chi connectivity index (χ4n) is 4.18. The highest BCUT2D eigenvalue weighted by Crippen LogP contribution is 2.36. The minimum absolute atomic E-state index is 0.504. The maximum atomic E-state index is 4.74. The molecule has 0 unspecified atom stereocenters. The summed E-state index contributed by atoms with van der Waals surface area (Å²) in [5, 5.41) is 13.0. The number of aryl methyl sites for hydroxylation is 1. The maximum absolute atomic E-state index is 4.74. The zero-order chi connectivity index (χ0) is 20.0. The van der Waals surface area contributed by atoms with Crippen molar-refractivity contribution in [1.82, 2.24) is 29.8 Å². The minimum atomic E-state index is 0.504. The molecule has 1 saturated carbocycles. The van der Waals surface area contributed by atoms with Crippen LogP contribution in [0.25, 0.3) is 5.65 Å². The lowest BCUT2D eigenvalue weighted by atomic mass is 10.0. The zero-order valence-electron chi connectivity index (χ0n) is 17.2. The van der Waals surface area contributed by atoms with Gasteiger partial charge in [0.25, 0.3) is 0 Å². The molecular formula is C20H27N9. The molecule has 0 spiro atoms. The van der Waals surface area contributed by atoms with Crippen LogP contribution in [0.3, 0.4) is 0 Å². The molecule has 3 aromatic rings. The van der Waals surface area contributed by atoms with E-state index in [0.29, 0.717) is 12.1 Å². The van der Waals surface area contributed by atoms with Gasteiger partial charge in [0.2, 0.25) is 0 Å². The van der Waals surface area contributed by atoms with Crippen LogP contribution < -0.4 is 14.7 Å². The molecule has 152 valence electrons. The van der Waals surface area contributed by atoms with Crippen molar-refractivity contribution in [3.8, 4) is 0 Å². The van der Waals surface area contributed by atoms with Gasteiger partial charge in [0.05, 0.1) is 0 Å². The Kier molecular flexibility index (Phi) is 4.44. The quantitative estimate of drug-likeness (QED) is 0.651. The van der Waals surface area contributed by atoms with E-state index in [9.17, 15) is 0 Å². The lowest BCUT2D eigenvalue weighted by molar-refractivity contribution is 0.456. The van der Waals surface area contributed by atoms with Gasteiger partial charge in [-0.25, -0.2) is 9.97 Å². The van der Waals surface area contributed by atoms with Gasteiger partial charge < -0.3 is 14.7 Å². The number of nitrogens with zero attached hydrogens (tertiary/aromatic N) is 9. The average Bonchev–Trinajstić information content (AvgIpc) is 3.51. The number of rotatable bonds is 5. The number of piperidine rings is 1. The Morgan fingerprint density at radius 3 is 2.38 bits per heavy atom. The third kappa shape index (κ3) is 3.45. The van der Waals surface area contributed by atoms with Crippen LogP contribution >= 0.6 is 0 Å². The number of aromatic nitrogens is 6. The van der Waals surface area contributed by atoms with E-state index in [1.165, 1.54) is 12.8 Å². The fraction of sp³-hybridized carbons (Fsp3) is 0.550. The molecule has 0 aromatic carbocycles. The van der Waals surface area contributed by atoms with Crippen molar-refractivity contribution >= 4 is 23.1 Å². The van der Waals surface area contributed by atoms with Gasteiger partial charge >= 0.3 is 0 Å². The third-order valence-electron chi connectivity index (χ3n) is 5.89. The lowest BCUT2D eigenvalue weighted by Gasteiger charge is -2.40. The van der Waals surface area contributed by atoms with E-state index in [-0.39, 0.29) is 0 Å². The Morgan fingerprint density at radius 2 is 1.66 bits per heavy atom. The average molecular weight is 393 g/mol. The topological polar surface area (TPSA) is 78.6 Å². The second kappa shape index (κ2) is 7.13. The van der Waals surface area contributed by atoms with E-state index < -0.39 is 0 Å². The summed E-state index contributed by atoms with van der Waals surface area (Å²) >= 11 is 0. The molecule has 0 bridgehead atoms. The van der Waals surface area contributed by atoms with Gasteiger partial charge in [-0.05, 0) is 44.7 Å². The molecular weight excluding hydrogens is 366 g/mol. The summed E-state index contributed by atoms with van der Waals surface area (Å²) in [6, 6.07) is 7.29. The van der Waals surface area contributed by atoms with Gasteiger partial charge in [-0.1, -0.05) is 0 Å². The molecule has 2 fully saturated rings. The molecule has 1 saturated heterocycles. The monoisotopic (exact) mass is 393 g/mol. The first kappa shape index (κ1) is 18.1. The van der Waals surface area contributed by atoms with Crippen molar-refractivity contribution < 1.29 is 0 Å². The van der Waals surface area contributed by atoms with Crippen molar-refractivity contribution in [2.24, 2.45) is 0 Å². The SMILES string of the molecule is Cc1nnc2ccc(N3CCC(N(c4cc(N(C)C)ncn4)C4CC4)CC3)nn12. The molecule has 2 aliphatic rings. The largest absolute Gasteiger partial charge is 0.363 e. The number of hydrogen-bond acceptors (Lipinski definition) is 8. The first-order valence-electron chi connectivity index (χ1n) is 10.3. The molecule has 4 heterocycles. The van der Waals surface area contributed by atoms with Gasteiger partial charge in [0, 0.05) is 45.3 Å². The van der Waals surface area contributed by atoms with Gasteiger partial charge in [-0.2, -0.15) is 4.52 Å². The van der Waals surface area contributed by atoms with Crippen molar-refractivity contribution in [3.05, 3.63) is 30.4 Å². The van der Waals surface area contributed by atoms with Crippen LogP contribution in [0.15, 0.2) is 24.5 Å². The lowest BCUT2D eigenvalue weighted by Crippen LogP contribution is -2.46. The Bertz CT molecular complexity index is 1000. The first-order chi connectivity index (χ1) is 14.1. The predicted molar refractivity (Wildman–Crippen MR) is 113 cm³/mol. The highest BCUT2D eigenvalue weighted by atomic mass is 15.4. The Labute approximate surface area is 170 Å². The second-order valence-corrected chi connectivity index (χ2v) is 8.19. The smallest absolute Gasteiger partial charge is 0.178 e. The summed E-state index contributed by atoms with van der Waals surface area (Å²) in [6.07, 6.45) is 6.40. The van der Waals surface area contributed by atoms with Crippen LogP contribution in [-0.2, 0) is 0 Å². The molecule has 9 heteroatoms. The Morgan fingerprint density at radius 1 is 0.931 bits per heavy atom. The number of fused-ring (bicyclic) bond motifs is 1. The molecule has 5 rings (SSSR count). The van der Waals surface area contributed by atoms with Crippen LogP contribution in [-0.4, -0.2) is 69.0 Å². The minimum Gasteiger partial charge on any atom is -0.363 e. The van der Waals surface area contributed by atoms with Gasteiger partial charge in [-0.3, -0.25) is 0 Å². The van der Waals surface area contributed by atoms with Crippen molar-refractivity contribution in [3.63, 3.8) is 0 Å². The van der Waals surface area contributed by atoms with Crippen LogP contribution in [0.4, 0.5) is 17.5 Å². The number of anilines is 3. The summed E-state index contributed by atoms with van der Waals surface area (Å²) in [6.45, 7) is 3.90. The fourth-order valence-corrected chi connectivity index (χ4v) is 4.18. The van der Waals surface area contributed by atoms with E-state index in [0.717, 1.165) is 54.9 Å². The maximum Gasteiger partial charge on any atom is 0.178 e. The molecule has 29 heavy (non-hydrogen) atoms. The van der Waals surface area contributed by atoms with Crippen LogP contribution in [0.1, 0.15) is 31.5 Å². The van der Waals surface area contributed by atoms with E-state index in [1.807, 2.05) is 36.5 Å². The van der Waals surface area contributed by atoms with E-state index >= 15 is 0 Å². The van der Waals surface area contributed by atoms with Gasteiger partial charge in [0.15, 0.2) is 11.5 Å². The second-order valence-electron chi connectivity index (χ2n) is 8.19. The Hall–Kier alpha value is -2.97. The number of hydrogen-bond donors (Lipinski definition) is 0. The highest BCUT2D eigenvalue weighted by molar-refractivity contribution is 5.52. The van der Waals surface area contributed by atoms with Crippen LogP contribution in [0.5, 0.6) is 0 Å². The highest BCUT2D eigenvalue weighted by Gasteiger charge is 2.36. The first-order valence-corrected chi connectivity index (χ1v) is 10.3. The predicted octanol–water partition coefficient (Wildman–Crippen LogP) is 1.93. The molecule has 0 atom stereocenters. The molecule has 9 nitrogen and oxygen atoms in total. The van der Waals surface area contributed by atoms with Crippen molar-refractivity contribution in [2.45, 2.75) is 44.7 Å². The summed E-state index contributed by atoms with van der Waals surface area (Å²) < 4.78 is 1.82. The van der Waals surface area contributed by atoms with E-state index in [2.05, 4.69) is 42.1 Å². The normalized spacial score (nSPS) is 17.7. The molecule has 1 aliphatic heterocycles. The van der Waals surface area contributed by atoms with Crippen molar-refractivity contribution in [1.29, 1.82) is 0 Å². The van der Waals surface area contributed by atoms with Crippen LogP contribution in [0.2, 0.25) is 0 Å². The summed E-state index contributed by atoms with van der Waals surface area (Å²) in [5.74, 6) is 3.83. The van der Waals surface area contributed by atoms with Crippen LogP contribution in [0, 0.1) is 6.92 Å². The zero-order valence-corrected chi connectivity index (χ0v) is 17.2.